The second-order valence-corrected chi connectivity index (χ2v) is 4.93. The number of carbonyl (C=O) groups excluding carboxylic acids is 1. The van der Waals surface area contributed by atoms with E-state index in [1.165, 1.54) is 0 Å². The molecule has 1 unspecified atom stereocenters. The van der Waals surface area contributed by atoms with Crippen molar-refractivity contribution in [2.24, 2.45) is 5.92 Å². The Kier molecular flexibility index (Phi) is 6.87. The summed E-state index contributed by atoms with van der Waals surface area (Å²) < 4.78 is 0. The Hall–Kier alpha value is -1.75. The van der Waals surface area contributed by atoms with Gasteiger partial charge in [-0.2, -0.15) is 0 Å². The molecule has 1 amide bonds. The number of amides is 1. The number of aliphatic hydroxyl groups is 1. The van der Waals surface area contributed by atoms with Gasteiger partial charge in [0.15, 0.2) is 0 Å². The molecule has 0 aliphatic rings. The highest BCUT2D eigenvalue weighted by Gasteiger charge is 2.10. The molecule has 5 N–H and O–H groups in total. The van der Waals surface area contributed by atoms with Gasteiger partial charge in [0.25, 0.3) is 5.91 Å². The van der Waals surface area contributed by atoms with Gasteiger partial charge in [-0.15, -0.1) is 0 Å². The van der Waals surface area contributed by atoms with E-state index in [1.807, 2.05) is 0 Å². The van der Waals surface area contributed by atoms with E-state index in [9.17, 15) is 4.79 Å². The van der Waals surface area contributed by atoms with Crippen LogP contribution in [0, 0.1) is 5.92 Å². The van der Waals surface area contributed by atoms with Crippen molar-refractivity contribution < 1.29 is 9.90 Å². The van der Waals surface area contributed by atoms with Crippen LogP contribution < -0.4 is 16.4 Å². The lowest BCUT2D eigenvalue weighted by atomic mass is 10.00. The number of nitrogens with two attached hydrogens (primary N) is 1. The van der Waals surface area contributed by atoms with Gasteiger partial charge in [0, 0.05) is 25.8 Å². The highest BCUT2D eigenvalue weighted by atomic mass is 16.3. The number of benzene rings is 1. The molecule has 0 saturated carbocycles. The van der Waals surface area contributed by atoms with E-state index in [0.717, 1.165) is 31.5 Å². The van der Waals surface area contributed by atoms with Gasteiger partial charge in [0.1, 0.15) is 0 Å². The van der Waals surface area contributed by atoms with Gasteiger partial charge < -0.3 is 21.5 Å². The molecule has 0 heterocycles. The Morgan fingerprint density at radius 3 is 2.75 bits per heavy atom. The largest absolute Gasteiger partial charge is 0.397 e. The van der Waals surface area contributed by atoms with Gasteiger partial charge in [0.2, 0.25) is 0 Å². The first-order valence-corrected chi connectivity index (χ1v) is 7.08. The zero-order valence-corrected chi connectivity index (χ0v) is 12.3. The van der Waals surface area contributed by atoms with E-state index in [2.05, 4.69) is 17.6 Å². The van der Waals surface area contributed by atoms with Crippen LogP contribution in [0.25, 0.3) is 0 Å². The summed E-state index contributed by atoms with van der Waals surface area (Å²) in [7, 11) is 1.60. The SMILES string of the molecule is CCCC(CCO)CNc1cc(C(=O)NC)ccc1N. The zero-order chi connectivity index (χ0) is 15.0. The third-order valence-corrected chi connectivity index (χ3v) is 3.36. The number of anilines is 2. The number of hydrogen-bond donors (Lipinski definition) is 4. The minimum absolute atomic E-state index is 0.131. The minimum Gasteiger partial charge on any atom is -0.397 e. The summed E-state index contributed by atoms with van der Waals surface area (Å²) in [5.41, 5.74) is 7.89. The van der Waals surface area contributed by atoms with Crippen LogP contribution in [0.3, 0.4) is 0 Å². The zero-order valence-electron chi connectivity index (χ0n) is 12.3. The fourth-order valence-corrected chi connectivity index (χ4v) is 2.19. The smallest absolute Gasteiger partial charge is 0.251 e. The number of aliphatic hydroxyl groups excluding tert-OH is 1. The van der Waals surface area contributed by atoms with Crippen molar-refractivity contribution in [2.45, 2.75) is 26.2 Å². The van der Waals surface area contributed by atoms with Gasteiger partial charge >= 0.3 is 0 Å². The molecule has 0 bridgehead atoms. The molecule has 5 heteroatoms. The molecule has 5 nitrogen and oxygen atoms in total. The van der Waals surface area contributed by atoms with Gasteiger partial charge in [-0.25, -0.2) is 0 Å². The van der Waals surface area contributed by atoms with Crippen molar-refractivity contribution in [3.05, 3.63) is 23.8 Å². The van der Waals surface area contributed by atoms with Crippen molar-refractivity contribution in [2.75, 3.05) is 31.2 Å². The average Bonchev–Trinajstić information content (AvgIpc) is 2.45. The predicted molar refractivity (Wildman–Crippen MR) is 82.8 cm³/mol. The van der Waals surface area contributed by atoms with Crippen LogP contribution in [-0.2, 0) is 0 Å². The molecule has 0 aromatic heterocycles. The van der Waals surface area contributed by atoms with Crippen LogP contribution in [0.2, 0.25) is 0 Å². The van der Waals surface area contributed by atoms with E-state index in [0.29, 0.717) is 17.2 Å². The Labute approximate surface area is 120 Å². The number of carbonyl (C=O) groups is 1. The topological polar surface area (TPSA) is 87.4 Å². The number of hydrogen-bond acceptors (Lipinski definition) is 4. The second-order valence-electron chi connectivity index (χ2n) is 4.93. The first-order valence-electron chi connectivity index (χ1n) is 7.08. The molecule has 20 heavy (non-hydrogen) atoms. The molecule has 1 aromatic rings. The monoisotopic (exact) mass is 279 g/mol. The van der Waals surface area contributed by atoms with Gasteiger partial charge in [-0.05, 0) is 37.0 Å². The Bertz CT molecular complexity index is 429. The van der Waals surface area contributed by atoms with Gasteiger partial charge in [0.05, 0.1) is 11.4 Å². The van der Waals surface area contributed by atoms with Crippen LogP contribution in [0.15, 0.2) is 18.2 Å². The molecule has 0 spiro atoms. The Morgan fingerprint density at radius 1 is 1.40 bits per heavy atom. The van der Waals surface area contributed by atoms with E-state index in [-0.39, 0.29) is 12.5 Å². The maximum Gasteiger partial charge on any atom is 0.251 e. The quantitative estimate of drug-likeness (QED) is 0.547. The molecule has 0 saturated heterocycles. The van der Waals surface area contributed by atoms with Crippen LogP contribution in [0.5, 0.6) is 0 Å². The molecule has 0 fully saturated rings. The molecule has 1 rings (SSSR count). The summed E-state index contributed by atoms with van der Waals surface area (Å²) >= 11 is 0. The highest BCUT2D eigenvalue weighted by Crippen LogP contribution is 2.21. The first-order chi connectivity index (χ1) is 9.62. The van der Waals surface area contributed by atoms with E-state index in [1.54, 1.807) is 25.2 Å². The Morgan fingerprint density at radius 2 is 2.15 bits per heavy atom. The fourth-order valence-electron chi connectivity index (χ4n) is 2.19. The fraction of sp³-hybridized carbons (Fsp3) is 0.533. The van der Waals surface area contributed by atoms with Crippen molar-refractivity contribution in [1.29, 1.82) is 0 Å². The molecule has 0 aliphatic heterocycles. The number of nitrogen functional groups attached to an aromatic ring is 1. The summed E-state index contributed by atoms with van der Waals surface area (Å²) in [6, 6.07) is 5.19. The third kappa shape index (κ3) is 4.74. The van der Waals surface area contributed by atoms with E-state index >= 15 is 0 Å². The Balaban J connectivity index is 2.72. The standard InChI is InChI=1S/C15H25N3O2/c1-3-4-11(7-8-19)10-18-14-9-12(15(20)17-2)5-6-13(14)16/h5-6,9,11,18-19H,3-4,7-8,10,16H2,1-2H3,(H,17,20). The van der Waals surface area contributed by atoms with Crippen LogP contribution in [0.4, 0.5) is 11.4 Å². The summed E-state index contributed by atoms with van der Waals surface area (Å²) in [5.74, 6) is 0.279. The molecule has 0 aliphatic carbocycles. The highest BCUT2D eigenvalue weighted by molar-refractivity contribution is 5.96. The lowest BCUT2D eigenvalue weighted by molar-refractivity contribution is 0.0963. The maximum absolute atomic E-state index is 11.6. The maximum atomic E-state index is 11.6. The van der Waals surface area contributed by atoms with Crippen LogP contribution in [-0.4, -0.2) is 31.2 Å². The van der Waals surface area contributed by atoms with Crippen molar-refractivity contribution in [3.63, 3.8) is 0 Å². The molecule has 1 aromatic carbocycles. The lowest BCUT2D eigenvalue weighted by Gasteiger charge is -2.18. The summed E-state index contributed by atoms with van der Waals surface area (Å²) in [4.78, 5) is 11.6. The molecule has 1 atom stereocenters. The van der Waals surface area contributed by atoms with Gasteiger partial charge in [-0.3, -0.25) is 4.79 Å². The van der Waals surface area contributed by atoms with Gasteiger partial charge in [-0.1, -0.05) is 13.3 Å². The van der Waals surface area contributed by atoms with Crippen molar-refractivity contribution >= 4 is 17.3 Å². The average molecular weight is 279 g/mol. The second kappa shape index (κ2) is 8.43. The van der Waals surface area contributed by atoms with Crippen molar-refractivity contribution in [1.82, 2.24) is 5.32 Å². The van der Waals surface area contributed by atoms with Crippen LogP contribution in [0.1, 0.15) is 36.5 Å². The molecule has 112 valence electrons. The predicted octanol–water partition coefficient (Wildman–Crippen LogP) is 1.84. The summed E-state index contributed by atoms with van der Waals surface area (Å²) in [6.45, 7) is 3.07. The molecule has 0 radical (unpaired) electrons. The van der Waals surface area contributed by atoms with E-state index < -0.39 is 0 Å². The normalized spacial score (nSPS) is 11.9. The van der Waals surface area contributed by atoms with Crippen LogP contribution >= 0.6 is 0 Å². The number of nitrogens with one attached hydrogen (secondary N) is 2. The lowest BCUT2D eigenvalue weighted by Crippen LogP contribution is -2.19. The molecular formula is C15H25N3O2. The van der Waals surface area contributed by atoms with Crippen molar-refractivity contribution in [3.8, 4) is 0 Å². The first kappa shape index (κ1) is 16.3. The molecular weight excluding hydrogens is 254 g/mol. The minimum atomic E-state index is -0.131. The summed E-state index contributed by atoms with van der Waals surface area (Å²) in [6.07, 6.45) is 2.92. The summed E-state index contributed by atoms with van der Waals surface area (Å²) in [5, 5.41) is 14.9. The van der Waals surface area contributed by atoms with E-state index in [4.69, 9.17) is 10.8 Å². The third-order valence-electron chi connectivity index (χ3n) is 3.36. The number of rotatable bonds is 8.